The number of nitrogens with zero attached hydrogens (tertiary/aromatic N) is 4. The molecule has 1 atom stereocenters. The number of aromatic nitrogens is 3. The first-order valence-corrected chi connectivity index (χ1v) is 11.7. The summed E-state index contributed by atoms with van der Waals surface area (Å²) in [5, 5.41) is 6.05. The summed E-state index contributed by atoms with van der Waals surface area (Å²) < 4.78 is 15.8. The molecule has 1 unspecified atom stereocenters. The van der Waals surface area contributed by atoms with Crippen LogP contribution in [0.5, 0.6) is 0 Å². The van der Waals surface area contributed by atoms with Crippen molar-refractivity contribution in [3.63, 3.8) is 0 Å². The molecule has 1 saturated heterocycles. The van der Waals surface area contributed by atoms with Crippen LogP contribution in [0, 0.1) is 0 Å². The monoisotopic (exact) mass is 419 g/mol. The van der Waals surface area contributed by atoms with Crippen molar-refractivity contribution in [1.29, 1.82) is 0 Å². The normalized spacial score (nSPS) is 16.9. The molecule has 1 aliphatic heterocycles. The highest BCUT2D eigenvalue weighted by molar-refractivity contribution is 7.81. The Hall–Kier alpha value is -2.77. The molecule has 2 aromatic heterocycles. The molecule has 1 fully saturated rings. The Kier molecular flexibility index (Phi) is 5.00. The predicted octanol–water partition coefficient (Wildman–Crippen LogP) is 3.96. The number of hydrogen-bond donors (Lipinski definition) is 1. The van der Waals surface area contributed by atoms with Gasteiger partial charge in [-0.05, 0) is 59.7 Å². The topological polar surface area (TPSA) is 63.1 Å². The maximum atomic E-state index is 11.7. The summed E-state index contributed by atoms with van der Waals surface area (Å²) in [6.45, 7) is 1.71. The highest BCUT2D eigenvalue weighted by Gasteiger charge is 2.21. The second kappa shape index (κ2) is 7.81. The molecule has 0 bridgehead atoms. The van der Waals surface area contributed by atoms with Crippen LogP contribution in [0.3, 0.4) is 0 Å². The van der Waals surface area contributed by atoms with E-state index in [1.807, 2.05) is 30.1 Å². The number of imidazole rings is 1. The highest BCUT2D eigenvalue weighted by atomic mass is 32.2. The van der Waals surface area contributed by atoms with Gasteiger partial charge in [0.05, 0.1) is 28.3 Å². The van der Waals surface area contributed by atoms with E-state index >= 15 is 0 Å². The van der Waals surface area contributed by atoms with E-state index in [0.717, 1.165) is 48.0 Å². The van der Waals surface area contributed by atoms with E-state index in [1.54, 1.807) is 6.26 Å². The van der Waals surface area contributed by atoms with Crippen molar-refractivity contribution >= 4 is 38.5 Å². The van der Waals surface area contributed by atoms with Crippen molar-refractivity contribution in [2.75, 3.05) is 24.7 Å². The fourth-order valence-electron chi connectivity index (χ4n) is 4.27. The van der Waals surface area contributed by atoms with Crippen LogP contribution in [0.15, 0.2) is 55.1 Å². The zero-order valence-electron chi connectivity index (χ0n) is 17.2. The lowest BCUT2D eigenvalue weighted by Crippen LogP contribution is -2.39. The predicted molar refractivity (Wildman–Crippen MR) is 124 cm³/mol. The number of nitrogens with one attached hydrogen (secondary N) is 1. The Morgan fingerprint density at radius 2 is 1.93 bits per heavy atom. The molecule has 0 saturated carbocycles. The smallest absolute Gasteiger partial charge is 0.0955 e. The van der Waals surface area contributed by atoms with Crippen molar-refractivity contribution in [2.24, 2.45) is 7.05 Å². The third kappa shape index (κ3) is 3.59. The minimum atomic E-state index is -0.886. The van der Waals surface area contributed by atoms with Gasteiger partial charge in [-0.15, -0.1) is 0 Å². The molecule has 7 heteroatoms. The van der Waals surface area contributed by atoms with E-state index in [4.69, 9.17) is 0 Å². The fraction of sp³-hybridized carbons (Fsp3) is 0.304. The summed E-state index contributed by atoms with van der Waals surface area (Å²) in [6.07, 6.45) is 9.34. The Bertz CT molecular complexity index is 1240. The minimum Gasteiger partial charge on any atom is -0.382 e. The van der Waals surface area contributed by atoms with Gasteiger partial charge in [0, 0.05) is 55.9 Å². The minimum absolute atomic E-state index is 0.364. The van der Waals surface area contributed by atoms with Crippen molar-refractivity contribution < 1.29 is 4.21 Å². The van der Waals surface area contributed by atoms with Crippen molar-refractivity contribution in [1.82, 2.24) is 18.8 Å². The molecule has 1 aliphatic rings. The van der Waals surface area contributed by atoms with Crippen molar-refractivity contribution in [3.8, 4) is 11.1 Å². The molecule has 0 amide bonds. The maximum Gasteiger partial charge on any atom is 0.0955 e. The quantitative estimate of drug-likeness (QED) is 0.544. The lowest BCUT2D eigenvalue weighted by Gasteiger charge is -2.31. The summed E-state index contributed by atoms with van der Waals surface area (Å²) in [4.78, 5) is 8.78. The zero-order valence-corrected chi connectivity index (χ0v) is 18.0. The van der Waals surface area contributed by atoms with Crippen LogP contribution in [-0.4, -0.2) is 48.4 Å². The number of rotatable bonds is 4. The Morgan fingerprint density at radius 3 is 2.73 bits per heavy atom. The number of fused-ring (bicyclic) bond motifs is 2. The summed E-state index contributed by atoms with van der Waals surface area (Å²) >= 11 is 0. The van der Waals surface area contributed by atoms with E-state index in [9.17, 15) is 4.21 Å². The van der Waals surface area contributed by atoms with E-state index < -0.39 is 11.0 Å². The molecular weight excluding hydrogens is 394 g/mol. The summed E-state index contributed by atoms with van der Waals surface area (Å²) in [5.74, 6) is 0. The average Bonchev–Trinajstić information content (AvgIpc) is 3.14. The highest BCUT2D eigenvalue weighted by Crippen LogP contribution is 2.33. The first-order valence-electron chi connectivity index (χ1n) is 10.2. The number of anilines is 1. The number of hydrogen-bond acceptors (Lipinski definition) is 4. The van der Waals surface area contributed by atoms with Crippen LogP contribution in [0.1, 0.15) is 12.8 Å². The van der Waals surface area contributed by atoms with Crippen LogP contribution >= 0.6 is 0 Å². The second-order valence-electron chi connectivity index (χ2n) is 7.95. The van der Waals surface area contributed by atoms with Gasteiger partial charge in [-0.1, -0.05) is 6.07 Å². The van der Waals surface area contributed by atoms with Gasteiger partial charge in [-0.2, -0.15) is 0 Å². The largest absolute Gasteiger partial charge is 0.382 e. The van der Waals surface area contributed by atoms with Gasteiger partial charge < -0.3 is 9.88 Å². The zero-order chi connectivity index (χ0) is 20.7. The van der Waals surface area contributed by atoms with E-state index in [0.29, 0.717) is 6.04 Å². The first-order chi connectivity index (χ1) is 14.6. The van der Waals surface area contributed by atoms with Crippen LogP contribution in [0.25, 0.3) is 32.9 Å². The maximum absolute atomic E-state index is 11.7. The SMILES string of the molecule is Cn1cnc2ccc(-c3cc(NC4CCN(S(C)=O)CC4)c4cnccc4c3)cc21. The number of aryl methyl sites for hydroxylation is 1. The number of benzene rings is 2. The fourth-order valence-corrected chi connectivity index (χ4v) is 4.99. The van der Waals surface area contributed by atoms with Gasteiger partial charge in [0.2, 0.25) is 0 Å². The first kappa shape index (κ1) is 19.2. The summed E-state index contributed by atoms with van der Waals surface area (Å²) in [5.41, 5.74) is 5.58. The van der Waals surface area contributed by atoms with Gasteiger partial charge in [-0.25, -0.2) is 13.5 Å². The Balaban J connectivity index is 1.51. The molecular formula is C23H25N5OS. The molecule has 2 aromatic carbocycles. The molecule has 1 N–H and O–H groups in total. The number of pyridine rings is 1. The summed E-state index contributed by atoms with van der Waals surface area (Å²) in [7, 11) is 1.14. The molecule has 0 radical (unpaired) electrons. The van der Waals surface area contributed by atoms with Crippen molar-refractivity contribution in [3.05, 3.63) is 55.1 Å². The van der Waals surface area contributed by atoms with Gasteiger partial charge in [-0.3, -0.25) is 4.98 Å². The van der Waals surface area contributed by atoms with Crippen LogP contribution in [0.2, 0.25) is 0 Å². The number of piperidine rings is 1. The lowest BCUT2D eigenvalue weighted by molar-refractivity contribution is 0.347. The molecule has 0 spiro atoms. The van der Waals surface area contributed by atoms with Gasteiger partial charge in [0.15, 0.2) is 0 Å². The third-order valence-electron chi connectivity index (χ3n) is 5.99. The van der Waals surface area contributed by atoms with Crippen LogP contribution in [0.4, 0.5) is 5.69 Å². The molecule has 0 aliphatic carbocycles. The molecule has 30 heavy (non-hydrogen) atoms. The molecule has 5 rings (SSSR count). The average molecular weight is 420 g/mol. The Morgan fingerprint density at radius 1 is 1.10 bits per heavy atom. The van der Waals surface area contributed by atoms with Gasteiger partial charge in [0.25, 0.3) is 0 Å². The molecule has 6 nitrogen and oxygen atoms in total. The van der Waals surface area contributed by atoms with E-state index in [-0.39, 0.29) is 0 Å². The molecule has 154 valence electrons. The second-order valence-corrected chi connectivity index (χ2v) is 9.31. The third-order valence-corrected chi connectivity index (χ3v) is 7.08. The van der Waals surface area contributed by atoms with Crippen molar-refractivity contribution in [2.45, 2.75) is 18.9 Å². The van der Waals surface area contributed by atoms with Gasteiger partial charge in [0.1, 0.15) is 0 Å². The molecule has 4 aromatic rings. The van der Waals surface area contributed by atoms with Crippen LogP contribution < -0.4 is 5.32 Å². The van der Waals surface area contributed by atoms with E-state index in [2.05, 4.69) is 56.3 Å². The Labute approximate surface area is 178 Å². The van der Waals surface area contributed by atoms with Gasteiger partial charge >= 0.3 is 0 Å². The standard InChI is InChI=1S/C23H25N5OS/c1-27-15-25-21-4-3-16(13-23(21)27)18-11-17-5-8-24-14-20(17)22(12-18)26-19-6-9-28(10-7-19)30(2)29/h3-5,8,11-15,19,26H,6-7,9-10H2,1-2H3. The van der Waals surface area contributed by atoms with Crippen LogP contribution in [-0.2, 0) is 18.0 Å². The summed E-state index contributed by atoms with van der Waals surface area (Å²) in [6, 6.07) is 13.3. The molecule has 3 heterocycles. The lowest BCUT2D eigenvalue weighted by atomic mass is 9.99. The van der Waals surface area contributed by atoms with E-state index in [1.165, 1.54) is 16.5 Å².